The van der Waals surface area contributed by atoms with Crippen LogP contribution in [0.1, 0.15) is 18.2 Å². The monoisotopic (exact) mass is 251 g/mol. The lowest BCUT2D eigenvalue weighted by Gasteiger charge is -2.28. The SMILES string of the molecule is CCNCc1cc(C)nc(N2CCSCC2)c1. The maximum atomic E-state index is 4.65. The molecule has 94 valence electrons. The van der Waals surface area contributed by atoms with Crippen molar-refractivity contribution in [2.75, 3.05) is 36.0 Å². The Hall–Kier alpha value is -0.740. The summed E-state index contributed by atoms with van der Waals surface area (Å²) >= 11 is 2.03. The van der Waals surface area contributed by atoms with Gasteiger partial charge < -0.3 is 10.2 Å². The molecular weight excluding hydrogens is 230 g/mol. The molecule has 3 nitrogen and oxygen atoms in total. The zero-order valence-corrected chi connectivity index (χ0v) is 11.5. The Morgan fingerprint density at radius 3 is 2.82 bits per heavy atom. The van der Waals surface area contributed by atoms with E-state index in [0.717, 1.165) is 37.7 Å². The fourth-order valence-electron chi connectivity index (χ4n) is 2.05. The summed E-state index contributed by atoms with van der Waals surface area (Å²) < 4.78 is 0. The number of nitrogens with zero attached hydrogens (tertiary/aromatic N) is 2. The van der Waals surface area contributed by atoms with Gasteiger partial charge in [-0.1, -0.05) is 6.92 Å². The Morgan fingerprint density at radius 1 is 1.35 bits per heavy atom. The van der Waals surface area contributed by atoms with E-state index in [1.165, 1.54) is 17.1 Å². The van der Waals surface area contributed by atoms with E-state index in [-0.39, 0.29) is 0 Å². The van der Waals surface area contributed by atoms with Crippen LogP contribution in [-0.2, 0) is 6.54 Å². The minimum absolute atomic E-state index is 0.940. The third-order valence-corrected chi connectivity index (χ3v) is 3.86. The largest absolute Gasteiger partial charge is 0.355 e. The lowest BCUT2D eigenvalue weighted by atomic mass is 10.2. The highest BCUT2D eigenvalue weighted by molar-refractivity contribution is 7.99. The Balaban J connectivity index is 2.12. The van der Waals surface area contributed by atoms with Gasteiger partial charge in [-0.3, -0.25) is 0 Å². The first-order chi connectivity index (χ1) is 8.29. The average molecular weight is 251 g/mol. The molecule has 2 rings (SSSR count). The Morgan fingerprint density at radius 2 is 2.12 bits per heavy atom. The first-order valence-electron chi connectivity index (χ1n) is 6.30. The minimum atomic E-state index is 0.940. The lowest BCUT2D eigenvalue weighted by Crippen LogP contribution is -2.33. The third kappa shape index (κ3) is 3.61. The van der Waals surface area contributed by atoms with Crippen LogP contribution in [-0.4, -0.2) is 36.1 Å². The third-order valence-electron chi connectivity index (χ3n) is 2.91. The number of rotatable bonds is 4. The number of anilines is 1. The number of hydrogen-bond acceptors (Lipinski definition) is 4. The second-order valence-electron chi connectivity index (χ2n) is 4.35. The molecular formula is C13H21N3S. The summed E-state index contributed by atoms with van der Waals surface area (Å²) in [4.78, 5) is 7.06. The van der Waals surface area contributed by atoms with Gasteiger partial charge in [-0.05, 0) is 31.2 Å². The molecule has 1 aliphatic heterocycles. The molecule has 0 spiro atoms. The number of aryl methyl sites for hydroxylation is 1. The van der Waals surface area contributed by atoms with Crippen molar-refractivity contribution >= 4 is 17.6 Å². The molecule has 0 atom stereocenters. The van der Waals surface area contributed by atoms with Crippen molar-refractivity contribution in [2.45, 2.75) is 20.4 Å². The van der Waals surface area contributed by atoms with Crippen molar-refractivity contribution in [3.8, 4) is 0 Å². The van der Waals surface area contributed by atoms with Gasteiger partial charge in [-0.15, -0.1) is 0 Å². The molecule has 0 aromatic carbocycles. The Labute approximate surface area is 108 Å². The second-order valence-corrected chi connectivity index (χ2v) is 5.58. The molecule has 4 heteroatoms. The van der Waals surface area contributed by atoms with Crippen LogP contribution in [0.3, 0.4) is 0 Å². The van der Waals surface area contributed by atoms with Crippen LogP contribution in [0, 0.1) is 6.92 Å². The predicted molar refractivity (Wildman–Crippen MR) is 75.9 cm³/mol. The molecule has 0 radical (unpaired) electrons. The van der Waals surface area contributed by atoms with Gasteiger partial charge >= 0.3 is 0 Å². The summed E-state index contributed by atoms with van der Waals surface area (Å²) in [6.45, 7) is 8.42. The van der Waals surface area contributed by atoms with Crippen molar-refractivity contribution < 1.29 is 0 Å². The zero-order valence-electron chi connectivity index (χ0n) is 10.7. The van der Waals surface area contributed by atoms with Gasteiger partial charge in [0.2, 0.25) is 0 Å². The van der Waals surface area contributed by atoms with Gasteiger partial charge in [0.05, 0.1) is 0 Å². The summed E-state index contributed by atoms with van der Waals surface area (Å²) in [5.41, 5.74) is 2.46. The first kappa shape index (κ1) is 12.7. The van der Waals surface area contributed by atoms with Crippen LogP contribution in [0.4, 0.5) is 5.82 Å². The number of hydrogen-bond donors (Lipinski definition) is 1. The predicted octanol–water partition coefficient (Wildman–Crippen LogP) is 2.05. The molecule has 1 aromatic heterocycles. The van der Waals surface area contributed by atoms with Crippen molar-refractivity contribution in [2.24, 2.45) is 0 Å². The summed E-state index contributed by atoms with van der Waals surface area (Å²) in [5.74, 6) is 3.59. The molecule has 0 bridgehead atoms. The number of thioether (sulfide) groups is 1. The van der Waals surface area contributed by atoms with Gasteiger partial charge in [0.25, 0.3) is 0 Å². The number of pyridine rings is 1. The fourth-order valence-corrected chi connectivity index (χ4v) is 2.95. The van der Waals surface area contributed by atoms with Gasteiger partial charge in [-0.2, -0.15) is 11.8 Å². The smallest absolute Gasteiger partial charge is 0.129 e. The molecule has 1 aromatic rings. The summed E-state index contributed by atoms with van der Waals surface area (Å²) in [5, 5.41) is 3.37. The molecule has 0 unspecified atom stereocenters. The highest BCUT2D eigenvalue weighted by Crippen LogP contribution is 2.19. The lowest BCUT2D eigenvalue weighted by molar-refractivity contribution is 0.723. The molecule has 1 fully saturated rings. The van der Waals surface area contributed by atoms with E-state index >= 15 is 0 Å². The standard InChI is InChI=1S/C13H21N3S/c1-3-14-10-12-8-11(2)15-13(9-12)16-4-6-17-7-5-16/h8-9,14H,3-7,10H2,1-2H3. The van der Waals surface area contributed by atoms with E-state index in [1.54, 1.807) is 0 Å². The van der Waals surface area contributed by atoms with Crippen LogP contribution in [0.5, 0.6) is 0 Å². The first-order valence-corrected chi connectivity index (χ1v) is 7.46. The van der Waals surface area contributed by atoms with Crippen LogP contribution >= 0.6 is 11.8 Å². The summed E-state index contributed by atoms with van der Waals surface area (Å²) in [6.07, 6.45) is 0. The van der Waals surface area contributed by atoms with Crippen LogP contribution in [0.25, 0.3) is 0 Å². The Bertz CT molecular complexity index is 362. The van der Waals surface area contributed by atoms with E-state index in [0.29, 0.717) is 0 Å². The van der Waals surface area contributed by atoms with Gasteiger partial charge in [0.15, 0.2) is 0 Å². The van der Waals surface area contributed by atoms with Crippen LogP contribution in [0.15, 0.2) is 12.1 Å². The minimum Gasteiger partial charge on any atom is -0.355 e. The molecule has 1 aliphatic rings. The van der Waals surface area contributed by atoms with Gasteiger partial charge in [0.1, 0.15) is 5.82 Å². The highest BCUT2D eigenvalue weighted by Gasteiger charge is 2.13. The molecule has 17 heavy (non-hydrogen) atoms. The molecule has 1 N–H and O–H groups in total. The van der Waals surface area contributed by atoms with Crippen molar-refractivity contribution in [1.82, 2.24) is 10.3 Å². The van der Waals surface area contributed by atoms with Gasteiger partial charge in [-0.25, -0.2) is 4.98 Å². The van der Waals surface area contributed by atoms with Crippen LogP contribution < -0.4 is 10.2 Å². The topological polar surface area (TPSA) is 28.2 Å². The van der Waals surface area contributed by atoms with Crippen LogP contribution in [0.2, 0.25) is 0 Å². The summed E-state index contributed by atoms with van der Waals surface area (Å²) in [6, 6.07) is 4.40. The van der Waals surface area contributed by atoms with E-state index in [2.05, 4.69) is 41.2 Å². The van der Waals surface area contributed by atoms with Crippen molar-refractivity contribution in [3.63, 3.8) is 0 Å². The normalized spacial score (nSPS) is 16.2. The van der Waals surface area contributed by atoms with Crippen molar-refractivity contribution in [3.05, 3.63) is 23.4 Å². The molecule has 0 amide bonds. The maximum absolute atomic E-state index is 4.65. The fraction of sp³-hybridized carbons (Fsp3) is 0.615. The highest BCUT2D eigenvalue weighted by atomic mass is 32.2. The average Bonchev–Trinajstić information content (AvgIpc) is 2.37. The Kier molecular flexibility index (Phi) is 4.68. The maximum Gasteiger partial charge on any atom is 0.129 e. The summed E-state index contributed by atoms with van der Waals surface area (Å²) in [7, 11) is 0. The van der Waals surface area contributed by atoms with E-state index < -0.39 is 0 Å². The van der Waals surface area contributed by atoms with E-state index in [4.69, 9.17) is 0 Å². The van der Waals surface area contributed by atoms with E-state index in [1.807, 2.05) is 11.8 Å². The molecule has 2 heterocycles. The molecule has 0 aliphatic carbocycles. The molecule has 1 saturated heterocycles. The van der Waals surface area contributed by atoms with Crippen molar-refractivity contribution in [1.29, 1.82) is 0 Å². The van der Waals surface area contributed by atoms with E-state index in [9.17, 15) is 0 Å². The quantitative estimate of drug-likeness (QED) is 0.886. The zero-order chi connectivity index (χ0) is 12.1. The second kappa shape index (κ2) is 6.26. The number of aromatic nitrogens is 1. The van der Waals surface area contributed by atoms with Gasteiger partial charge in [0, 0.05) is 36.8 Å². The number of nitrogens with one attached hydrogen (secondary N) is 1. The molecule has 0 saturated carbocycles.